The van der Waals surface area contributed by atoms with Gasteiger partial charge in [-0.2, -0.15) is 0 Å². The van der Waals surface area contributed by atoms with E-state index in [0.29, 0.717) is 31.5 Å². The van der Waals surface area contributed by atoms with Crippen LogP contribution in [0, 0.1) is 0 Å². The van der Waals surface area contributed by atoms with Gasteiger partial charge in [0.25, 0.3) is 0 Å². The Bertz CT molecular complexity index is 458. The van der Waals surface area contributed by atoms with Gasteiger partial charge in [-0.3, -0.25) is 14.5 Å². The summed E-state index contributed by atoms with van der Waals surface area (Å²) in [5.74, 6) is -0.203. The third kappa shape index (κ3) is 2.49. The molecule has 5 heteroatoms. The van der Waals surface area contributed by atoms with E-state index in [1.807, 2.05) is 12.1 Å². The summed E-state index contributed by atoms with van der Waals surface area (Å²) in [6.07, 6.45) is 1.56. The fraction of sp³-hybridized carbons (Fsp3) is 0.333. The van der Waals surface area contributed by atoms with Crippen molar-refractivity contribution >= 4 is 33.4 Å². The first-order valence-electron chi connectivity index (χ1n) is 5.45. The summed E-state index contributed by atoms with van der Waals surface area (Å²) >= 11 is 3.37. The number of hydrogen-bond acceptors (Lipinski definition) is 3. The van der Waals surface area contributed by atoms with Gasteiger partial charge in [0, 0.05) is 23.0 Å². The van der Waals surface area contributed by atoms with Crippen molar-refractivity contribution < 1.29 is 9.59 Å². The van der Waals surface area contributed by atoms with Crippen LogP contribution in [0.25, 0.3) is 0 Å². The first-order valence-corrected chi connectivity index (χ1v) is 6.25. The standard InChI is InChI=1S/C12H13BrN2O2/c13-12-8(3-1-4-9(12)14)7-15-10(16)5-2-6-11(15)17/h1,3-4H,2,5-7,14H2. The molecule has 1 saturated heterocycles. The van der Waals surface area contributed by atoms with Crippen molar-refractivity contribution in [3.05, 3.63) is 28.2 Å². The van der Waals surface area contributed by atoms with Crippen LogP contribution in [0.15, 0.2) is 22.7 Å². The van der Waals surface area contributed by atoms with Crippen LogP contribution < -0.4 is 5.73 Å². The average molecular weight is 297 g/mol. The maximum Gasteiger partial charge on any atom is 0.229 e. The molecular formula is C12H13BrN2O2. The lowest BCUT2D eigenvalue weighted by atomic mass is 10.1. The molecule has 0 aliphatic carbocycles. The lowest BCUT2D eigenvalue weighted by Crippen LogP contribution is -2.39. The van der Waals surface area contributed by atoms with Gasteiger partial charge in [-0.1, -0.05) is 12.1 Å². The van der Waals surface area contributed by atoms with Crippen LogP contribution >= 0.6 is 15.9 Å². The molecule has 1 aromatic carbocycles. The summed E-state index contributed by atoms with van der Waals surface area (Å²) in [7, 11) is 0. The smallest absolute Gasteiger partial charge is 0.229 e. The zero-order valence-corrected chi connectivity index (χ0v) is 10.9. The van der Waals surface area contributed by atoms with Crippen LogP contribution in [-0.2, 0) is 16.1 Å². The quantitative estimate of drug-likeness (QED) is 0.671. The van der Waals surface area contributed by atoms with Crippen molar-refractivity contribution in [2.45, 2.75) is 25.8 Å². The van der Waals surface area contributed by atoms with Gasteiger partial charge in [-0.15, -0.1) is 0 Å². The lowest BCUT2D eigenvalue weighted by Gasteiger charge is -2.25. The largest absolute Gasteiger partial charge is 0.398 e. The first kappa shape index (κ1) is 12.1. The molecule has 17 heavy (non-hydrogen) atoms. The molecule has 0 atom stereocenters. The number of carbonyl (C=O) groups excluding carboxylic acids is 2. The van der Waals surface area contributed by atoms with E-state index in [1.54, 1.807) is 6.07 Å². The molecule has 1 heterocycles. The predicted octanol–water partition coefficient (Wildman–Crippen LogP) is 2.07. The minimum absolute atomic E-state index is 0.101. The monoisotopic (exact) mass is 296 g/mol. The molecule has 4 nitrogen and oxygen atoms in total. The van der Waals surface area contributed by atoms with Crippen molar-refractivity contribution in [2.75, 3.05) is 5.73 Å². The highest BCUT2D eigenvalue weighted by Crippen LogP contribution is 2.26. The maximum atomic E-state index is 11.7. The molecule has 0 unspecified atom stereocenters. The van der Waals surface area contributed by atoms with Gasteiger partial charge in [0.2, 0.25) is 11.8 Å². The second-order valence-electron chi connectivity index (χ2n) is 4.05. The number of halogens is 1. The number of anilines is 1. The molecule has 1 aromatic rings. The van der Waals surface area contributed by atoms with Crippen molar-refractivity contribution in [2.24, 2.45) is 0 Å². The zero-order chi connectivity index (χ0) is 12.4. The van der Waals surface area contributed by atoms with Crippen LogP contribution in [0.3, 0.4) is 0 Å². The number of likely N-dealkylation sites (tertiary alicyclic amines) is 1. The highest BCUT2D eigenvalue weighted by atomic mass is 79.9. The topological polar surface area (TPSA) is 63.4 Å². The van der Waals surface area contributed by atoms with E-state index in [0.717, 1.165) is 10.0 Å². The summed E-state index contributed by atoms with van der Waals surface area (Å²) < 4.78 is 0.756. The van der Waals surface area contributed by atoms with Crippen LogP contribution in [0.4, 0.5) is 5.69 Å². The van der Waals surface area contributed by atoms with Crippen molar-refractivity contribution in [1.82, 2.24) is 4.90 Å². The summed E-state index contributed by atoms with van der Waals surface area (Å²) in [6, 6.07) is 5.44. The Balaban J connectivity index is 2.22. The van der Waals surface area contributed by atoms with Gasteiger partial charge in [0.05, 0.1) is 6.54 Å². The number of nitrogens with two attached hydrogens (primary N) is 1. The minimum atomic E-state index is -0.101. The van der Waals surface area contributed by atoms with E-state index in [1.165, 1.54) is 4.90 Å². The number of imide groups is 1. The highest BCUT2D eigenvalue weighted by Gasteiger charge is 2.26. The molecule has 0 radical (unpaired) electrons. The molecule has 2 rings (SSSR count). The molecule has 0 saturated carbocycles. The fourth-order valence-corrected chi connectivity index (χ4v) is 2.26. The molecule has 0 spiro atoms. The van der Waals surface area contributed by atoms with Crippen LogP contribution in [0.1, 0.15) is 24.8 Å². The number of amides is 2. The van der Waals surface area contributed by atoms with Crippen molar-refractivity contribution in [1.29, 1.82) is 0 Å². The molecule has 0 bridgehead atoms. The number of nitrogen functional groups attached to an aromatic ring is 1. The number of piperidine rings is 1. The number of hydrogen-bond donors (Lipinski definition) is 1. The van der Waals surface area contributed by atoms with Gasteiger partial charge in [-0.25, -0.2) is 0 Å². The minimum Gasteiger partial charge on any atom is -0.398 e. The molecule has 1 fully saturated rings. The van der Waals surface area contributed by atoms with Crippen molar-refractivity contribution in [3.63, 3.8) is 0 Å². The van der Waals surface area contributed by atoms with Crippen molar-refractivity contribution in [3.8, 4) is 0 Å². The third-order valence-corrected chi connectivity index (χ3v) is 3.79. The Morgan fingerprint density at radius 2 is 1.88 bits per heavy atom. The molecule has 1 aliphatic heterocycles. The molecule has 2 N–H and O–H groups in total. The highest BCUT2D eigenvalue weighted by molar-refractivity contribution is 9.10. The summed E-state index contributed by atoms with van der Waals surface area (Å²) in [5, 5.41) is 0. The van der Waals surface area contributed by atoms with E-state index in [-0.39, 0.29) is 11.8 Å². The lowest BCUT2D eigenvalue weighted by molar-refractivity contribution is -0.148. The second-order valence-corrected chi connectivity index (χ2v) is 4.84. The molecule has 1 aliphatic rings. The predicted molar refractivity (Wildman–Crippen MR) is 68.0 cm³/mol. The van der Waals surface area contributed by atoms with E-state index >= 15 is 0 Å². The Kier molecular flexibility index (Phi) is 3.47. The molecule has 2 amide bonds. The summed E-state index contributed by atoms with van der Waals surface area (Å²) in [5.41, 5.74) is 7.23. The Hall–Kier alpha value is -1.36. The fourth-order valence-electron chi connectivity index (χ4n) is 1.87. The number of benzene rings is 1. The van der Waals surface area contributed by atoms with E-state index < -0.39 is 0 Å². The second kappa shape index (κ2) is 4.87. The van der Waals surface area contributed by atoms with Gasteiger partial charge < -0.3 is 5.73 Å². The molecule has 90 valence electrons. The molecular weight excluding hydrogens is 284 g/mol. The third-order valence-electron chi connectivity index (χ3n) is 2.82. The summed E-state index contributed by atoms with van der Waals surface area (Å²) in [6.45, 7) is 0.295. The Labute approximate surface area is 108 Å². The summed E-state index contributed by atoms with van der Waals surface area (Å²) in [4.78, 5) is 24.6. The Morgan fingerprint density at radius 3 is 2.53 bits per heavy atom. The van der Waals surface area contributed by atoms with Crippen LogP contribution in [0.2, 0.25) is 0 Å². The zero-order valence-electron chi connectivity index (χ0n) is 9.28. The average Bonchev–Trinajstić information content (AvgIpc) is 2.29. The number of nitrogens with zero attached hydrogens (tertiary/aromatic N) is 1. The number of carbonyl (C=O) groups is 2. The normalized spacial score (nSPS) is 16.4. The van der Waals surface area contributed by atoms with E-state index in [4.69, 9.17) is 5.73 Å². The van der Waals surface area contributed by atoms with Crippen LogP contribution in [-0.4, -0.2) is 16.7 Å². The van der Waals surface area contributed by atoms with Gasteiger partial charge >= 0.3 is 0 Å². The maximum absolute atomic E-state index is 11.7. The Morgan fingerprint density at radius 1 is 1.24 bits per heavy atom. The van der Waals surface area contributed by atoms with Gasteiger partial charge in [0.1, 0.15) is 0 Å². The number of rotatable bonds is 2. The van der Waals surface area contributed by atoms with Gasteiger partial charge in [-0.05, 0) is 34.0 Å². The first-order chi connectivity index (χ1) is 8.09. The van der Waals surface area contributed by atoms with E-state index in [2.05, 4.69) is 15.9 Å². The van der Waals surface area contributed by atoms with Crippen LogP contribution in [0.5, 0.6) is 0 Å². The molecule has 0 aromatic heterocycles. The van der Waals surface area contributed by atoms with E-state index in [9.17, 15) is 9.59 Å². The van der Waals surface area contributed by atoms with Gasteiger partial charge in [0.15, 0.2) is 0 Å². The SMILES string of the molecule is Nc1cccc(CN2C(=O)CCCC2=O)c1Br.